The summed E-state index contributed by atoms with van der Waals surface area (Å²) in [5.74, 6) is 0. The van der Waals surface area contributed by atoms with Crippen LogP contribution in [0.2, 0.25) is 0 Å². The highest BCUT2D eigenvalue weighted by molar-refractivity contribution is 6.31. The van der Waals surface area contributed by atoms with Crippen LogP contribution in [0.15, 0.2) is 58.5 Å². The van der Waals surface area contributed by atoms with Gasteiger partial charge >= 0.3 is 0 Å². The molecule has 0 aliphatic heterocycles. The third kappa shape index (κ3) is 6.11. The van der Waals surface area contributed by atoms with Crippen molar-refractivity contribution < 1.29 is 0 Å². The Morgan fingerprint density at radius 3 is 2.38 bits per heavy atom. The Morgan fingerprint density at radius 1 is 0.875 bits per heavy atom. The first-order chi connectivity index (χ1) is 11.7. The average Bonchev–Trinajstić information content (AvgIpc) is 2.60. The van der Waals surface area contributed by atoms with Gasteiger partial charge in [0.15, 0.2) is 0 Å². The first-order valence-corrected chi connectivity index (χ1v) is 8.93. The summed E-state index contributed by atoms with van der Waals surface area (Å²) in [6, 6.07) is 16.4. The second-order valence-electron chi connectivity index (χ2n) is 6.28. The smallest absolute Gasteiger partial charge is 0.0636 e. The minimum Gasteiger partial charge on any atom is -0.255 e. The van der Waals surface area contributed by atoms with Crippen LogP contribution in [-0.2, 0) is 0 Å². The predicted octanol–water partition coefficient (Wildman–Crippen LogP) is 6.75. The zero-order chi connectivity index (χ0) is 17.2. The van der Waals surface area contributed by atoms with E-state index in [2.05, 4.69) is 44.0 Å². The van der Waals surface area contributed by atoms with Gasteiger partial charge in [0.25, 0.3) is 0 Å². The van der Waals surface area contributed by atoms with E-state index in [4.69, 9.17) is 4.99 Å². The summed E-state index contributed by atoms with van der Waals surface area (Å²) in [5, 5.41) is 0. The molecule has 2 heteroatoms. The van der Waals surface area contributed by atoms with Crippen LogP contribution in [0.25, 0.3) is 0 Å². The van der Waals surface area contributed by atoms with Crippen LogP contribution in [0.5, 0.6) is 0 Å². The van der Waals surface area contributed by atoms with E-state index in [0.29, 0.717) is 0 Å². The van der Waals surface area contributed by atoms with Crippen LogP contribution in [-0.4, -0.2) is 11.9 Å². The standard InChI is InChI=1S/C22H28N2/c1-4-5-6-8-13-22(17-23-20-11-9-7-10-12-20)24-21-15-14-18(2)19(3)16-21/h7,9-12,14-17H,4-6,8,13H2,1-3H3. The van der Waals surface area contributed by atoms with Crippen molar-refractivity contribution in [1.29, 1.82) is 0 Å². The fourth-order valence-corrected chi connectivity index (χ4v) is 2.51. The Balaban J connectivity index is 2.16. The molecule has 2 aromatic carbocycles. The molecule has 0 saturated carbocycles. The number of aryl methyl sites for hydroxylation is 2. The van der Waals surface area contributed by atoms with Crippen LogP contribution in [0.4, 0.5) is 11.4 Å². The molecular formula is C22H28N2. The van der Waals surface area contributed by atoms with Crippen LogP contribution >= 0.6 is 0 Å². The minimum atomic E-state index is 0.971. The Kier molecular flexibility index (Phi) is 7.41. The van der Waals surface area contributed by atoms with Gasteiger partial charge in [0, 0.05) is 6.21 Å². The molecule has 0 N–H and O–H groups in total. The highest BCUT2D eigenvalue weighted by atomic mass is 14.8. The SMILES string of the molecule is CCCCCCC(C=Nc1ccccc1)=Nc1ccc(C)c(C)c1. The lowest BCUT2D eigenvalue weighted by Gasteiger charge is -2.04. The van der Waals surface area contributed by atoms with Crippen molar-refractivity contribution in [2.45, 2.75) is 52.9 Å². The molecule has 0 unspecified atom stereocenters. The molecule has 0 bridgehead atoms. The Labute approximate surface area is 146 Å². The van der Waals surface area contributed by atoms with Gasteiger partial charge in [0.05, 0.1) is 17.1 Å². The maximum Gasteiger partial charge on any atom is 0.0636 e. The van der Waals surface area contributed by atoms with Crippen LogP contribution in [0.1, 0.15) is 50.2 Å². The summed E-state index contributed by atoms with van der Waals surface area (Å²) in [5.41, 5.74) is 5.62. The van der Waals surface area contributed by atoms with Gasteiger partial charge in [-0.15, -0.1) is 0 Å². The Hall–Kier alpha value is -2.22. The molecule has 0 fully saturated rings. The maximum absolute atomic E-state index is 4.84. The molecular weight excluding hydrogens is 292 g/mol. The quantitative estimate of drug-likeness (QED) is 0.379. The predicted molar refractivity (Wildman–Crippen MR) is 106 cm³/mol. The molecule has 0 aliphatic carbocycles. The summed E-state index contributed by atoms with van der Waals surface area (Å²) < 4.78 is 0. The lowest BCUT2D eigenvalue weighted by Crippen LogP contribution is -2.00. The van der Waals surface area contributed by atoms with Crippen LogP contribution in [0.3, 0.4) is 0 Å². The topological polar surface area (TPSA) is 24.7 Å². The van der Waals surface area contributed by atoms with E-state index < -0.39 is 0 Å². The second-order valence-corrected chi connectivity index (χ2v) is 6.28. The zero-order valence-electron chi connectivity index (χ0n) is 15.1. The van der Waals surface area contributed by atoms with Gasteiger partial charge in [0.1, 0.15) is 0 Å². The van der Waals surface area contributed by atoms with E-state index in [9.17, 15) is 0 Å². The van der Waals surface area contributed by atoms with E-state index >= 15 is 0 Å². The van der Waals surface area contributed by atoms with E-state index in [0.717, 1.165) is 23.5 Å². The number of nitrogens with zero attached hydrogens (tertiary/aromatic N) is 2. The molecule has 2 nitrogen and oxygen atoms in total. The fraction of sp³-hybridized carbons (Fsp3) is 0.364. The molecule has 24 heavy (non-hydrogen) atoms. The van der Waals surface area contributed by atoms with Crippen molar-refractivity contribution in [3.63, 3.8) is 0 Å². The van der Waals surface area contributed by atoms with Crippen molar-refractivity contribution in [3.05, 3.63) is 59.7 Å². The lowest BCUT2D eigenvalue weighted by molar-refractivity contribution is 0.684. The van der Waals surface area contributed by atoms with Crippen LogP contribution < -0.4 is 0 Å². The third-order valence-corrected chi connectivity index (χ3v) is 4.17. The highest BCUT2D eigenvalue weighted by Crippen LogP contribution is 2.18. The van der Waals surface area contributed by atoms with Crippen molar-refractivity contribution in [3.8, 4) is 0 Å². The zero-order valence-corrected chi connectivity index (χ0v) is 15.1. The van der Waals surface area contributed by atoms with Gasteiger partial charge in [-0.3, -0.25) is 9.98 Å². The Bertz CT molecular complexity index is 684. The molecule has 0 radical (unpaired) electrons. The van der Waals surface area contributed by atoms with Crippen molar-refractivity contribution in [2.24, 2.45) is 9.98 Å². The summed E-state index contributed by atoms with van der Waals surface area (Å²) >= 11 is 0. The Morgan fingerprint density at radius 2 is 1.67 bits per heavy atom. The molecule has 0 spiro atoms. The van der Waals surface area contributed by atoms with Gasteiger partial charge < -0.3 is 0 Å². The van der Waals surface area contributed by atoms with Gasteiger partial charge in [-0.1, -0.05) is 50.5 Å². The number of benzene rings is 2. The fourth-order valence-electron chi connectivity index (χ4n) is 2.51. The van der Waals surface area contributed by atoms with Crippen molar-refractivity contribution >= 4 is 23.3 Å². The van der Waals surface area contributed by atoms with E-state index in [1.54, 1.807) is 0 Å². The summed E-state index contributed by atoms with van der Waals surface area (Å²) in [6.07, 6.45) is 7.86. The number of unbranched alkanes of at least 4 members (excludes halogenated alkanes) is 3. The first kappa shape index (κ1) is 18.1. The van der Waals surface area contributed by atoms with Gasteiger partial charge in [-0.05, 0) is 62.1 Å². The number of para-hydroxylation sites is 1. The number of hydrogen-bond donors (Lipinski definition) is 0. The number of hydrogen-bond acceptors (Lipinski definition) is 2. The summed E-state index contributed by atoms with van der Waals surface area (Å²) in [6.45, 7) is 6.50. The molecule has 0 atom stereocenters. The van der Waals surface area contributed by atoms with Gasteiger partial charge in [-0.25, -0.2) is 0 Å². The molecule has 2 aromatic rings. The molecule has 0 aromatic heterocycles. The van der Waals surface area contributed by atoms with E-state index in [-0.39, 0.29) is 0 Å². The number of rotatable bonds is 8. The minimum absolute atomic E-state index is 0.971. The monoisotopic (exact) mass is 320 g/mol. The molecule has 0 aliphatic rings. The molecule has 0 saturated heterocycles. The second kappa shape index (κ2) is 9.82. The normalized spacial score (nSPS) is 12.0. The van der Waals surface area contributed by atoms with Crippen LogP contribution in [0, 0.1) is 13.8 Å². The summed E-state index contributed by atoms with van der Waals surface area (Å²) in [4.78, 5) is 9.43. The van der Waals surface area contributed by atoms with Crippen molar-refractivity contribution in [2.75, 3.05) is 0 Å². The molecule has 0 heterocycles. The molecule has 126 valence electrons. The van der Waals surface area contributed by atoms with Crippen molar-refractivity contribution in [1.82, 2.24) is 0 Å². The molecule has 0 amide bonds. The van der Waals surface area contributed by atoms with Gasteiger partial charge in [0.2, 0.25) is 0 Å². The van der Waals surface area contributed by atoms with E-state index in [1.165, 1.54) is 36.8 Å². The average molecular weight is 320 g/mol. The summed E-state index contributed by atoms with van der Waals surface area (Å²) in [7, 11) is 0. The third-order valence-electron chi connectivity index (χ3n) is 4.17. The lowest BCUT2D eigenvalue weighted by atomic mass is 10.1. The van der Waals surface area contributed by atoms with E-state index in [1.807, 2.05) is 36.5 Å². The van der Waals surface area contributed by atoms with Gasteiger partial charge in [-0.2, -0.15) is 0 Å². The molecule has 2 rings (SSSR count). The largest absolute Gasteiger partial charge is 0.255 e. The first-order valence-electron chi connectivity index (χ1n) is 8.93. The number of aliphatic imine (C=N–C) groups is 2. The maximum atomic E-state index is 4.84. The highest BCUT2D eigenvalue weighted by Gasteiger charge is 2.00.